The summed E-state index contributed by atoms with van der Waals surface area (Å²) in [6, 6.07) is 20.7. The molecule has 0 saturated heterocycles. The zero-order chi connectivity index (χ0) is 23.4. The highest BCUT2D eigenvalue weighted by Gasteiger charge is 2.25. The third-order valence-electron chi connectivity index (χ3n) is 4.83. The first-order valence-corrected chi connectivity index (χ1v) is 12.8. The van der Waals surface area contributed by atoms with Crippen molar-refractivity contribution in [3.05, 3.63) is 78.4 Å². The van der Waals surface area contributed by atoms with Crippen LogP contribution in [-0.4, -0.2) is 35.6 Å². The van der Waals surface area contributed by atoms with Crippen molar-refractivity contribution in [3.8, 4) is 5.75 Å². The Kier molecular flexibility index (Phi) is 6.71. The third-order valence-corrected chi connectivity index (χ3v) is 7.60. The number of nitrogens with zero attached hydrogens (tertiary/aromatic N) is 2. The van der Waals surface area contributed by atoms with Crippen LogP contribution in [0.4, 0.5) is 5.69 Å². The maximum Gasteiger partial charge on any atom is 0.270 e. The predicted molar refractivity (Wildman–Crippen MR) is 130 cm³/mol. The fourth-order valence-electron chi connectivity index (χ4n) is 3.25. The van der Waals surface area contributed by atoms with Gasteiger partial charge in [0.15, 0.2) is 5.16 Å². The Hall–Kier alpha value is -3.30. The van der Waals surface area contributed by atoms with Gasteiger partial charge in [-0.25, -0.2) is 17.4 Å². The molecule has 0 atom stereocenters. The van der Waals surface area contributed by atoms with Crippen LogP contribution >= 0.6 is 11.8 Å². The van der Waals surface area contributed by atoms with E-state index < -0.39 is 10.0 Å². The van der Waals surface area contributed by atoms with Crippen LogP contribution in [0.5, 0.6) is 5.75 Å². The molecule has 4 rings (SSSR count). The van der Waals surface area contributed by atoms with Crippen LogP contribution < -0.4 is 10.1 Å². The Balaban J connectivity index is 1.58. The smallest absolute Gasteiger partial charge is 0.270 e. The van der Waals surface area contributed by atoms with E-state index in [-0.39, 0.29) is 21.7 Å². The van der Waals surface area contributed by atoms with Gasteiger partial charge in [0.25, 0.3) is 10.0 Å². The lowest BCUT2D eigenvalue weighted by atomic mass is 10.2. The van der Waals surface area contributed by atoms with Crippen LogP contribution in [0, 0.1) is 6.92 Å². The van der Waals surface area contributed by atoms with Crippen molar-refractivity contribution in [1.29, 1.82) is 0 Å². The highest BCUT2D eigenvalue weighted by Crippen LogP contribution is 2.29. The number of thioether (sulfide) groups is 1. The molecule has 33 heavy (non-hydrogen) atoms. The molecular formula is C24H23N3O4S2. The molecule has 0 bridgehead atoms. The molecule has 0 aliphatic carbocycles. The topological polar surface area (TPSA) is 90.3 Å². The average molecular weight is 482 g/mol. The summed E-state index contributed by atoms with van der Waals surface area (Å²) in [5, 5.41) is 3.04. The number of rotatable bonds is 8. The van der Waals surface area contributed by atoms with E-state index in [9.17, 15) is 13.2 Å². The lowest BCUT2D eigenvalue weighted by Crippen LogP contribution is -2.17. The van der Waals surface area contributed by atoms with Gasteiger partial charge in [-0.05, 0) is 62.4 Å². The van der Waals surface area contributed by atoms with Crippen molar-refractivity contribution in [2.75, 3.05) is 17.7 Å². The summed E-state index contributed by atoms with van der Waals surface area (Å²) in [7, 11) is -3.90. The average Bonchev–Trinajstić information content (AvgIpc) is 3.19. The molecule has 7 nitrogen and oxygen atoms in total. The Morgan fingerprint density at radius 1 is 1.03 bits per heavy atom. The number of aryl methyl sites for hydroxylation is 1. The van der Waals surface area contributed by atoms with E-state index in [1.165, 1.54) is 3.97 Å². The van der Waals surface area contributed by atoms with Crippen LogP contribution in [0.15, 0.2) is 82.8 Å². The van der Waals surface area contributed by atoms with Crippen LogP contribution in [0.25, 0.3) is 11.0 Å². The number of hydrogen-bond donors (Lipinski definition) is 1. The van der Waals surface area contributed by atoms with Gasteiger partial charge < -0.3 is 10.1 Å². The van der Waals surface area contributed by atoms with Crippen LogP contribution in [0.1, 0.15) is 12.5 Å². The lowest BCUT2D eigenvalue weighted by molar-refractivity contribution is -0.113. The zero-order valence-electron chi connectivity index (χ0n) is 18.2. The highest BCUT2D eigenvalue weighted by atomic mass is 32.2. The molecular weight excluding hydrogens is 458 g/mol. The molecule has 1 heterocycles. The van der Waals surface area contributed by atoms with E-state index in [1.54, 1.807) is 72.8 Å². The van der Waals surface area contributed by atoms with Gasteiger partial charge in [-0.3, -0.25) is 4.79 Å². The second-order valence-corrected chi connectivity index (χ2v) is 9.99. The number of aromatic nitrogens is 2. The lowest BCUT2D eigenvalue weighted by Gasteiger charge is -2.11. The van der Waals surface area contributed by atoms with Gasteiger partial charge >= 0.3 is 0 Å². The van der Waals surface area contributed by atoms with E-state index in [2.05, 4.69) is 10.3 Å². The maximum atomic E-state index is 13.5. The van der Waals surface area contributed by atoms with E-state index in [1.807, 2.05) is 13.8 Å². The van der Waals surface area contributed by atoms with Gasteiger partial charge in [-0.2, -0.15) is 0 Å². The number of amides is 1. The first kappa shape index (κ1) is 22.9. The number of fused-ring (bicyclic) bond motifs is 1. The molecule has 0 aliphatic heterocycles. The fourth-order valence-corrected chi connectivity index (χ4v) is 5.76. The SMILES string of the molecule is CCOc1ccc(NC(=O)CSc2nc3ccccc3n2S(=O)(=O)c2ccc(C)cc2)cc1. The van der Waals surface area contributed by atoms with Gasteiger partial charge in [0, 0.05) is 5.69 Å². The van der Waals surface area contributed by atoms with Crippen LogP contribution in [0.2, 0.25) is 0 Å². The Morgan fingerprint density at radius 2 is 1.73 bits per heavy atom. The Labute approximate surface area is 196 Å². The van der Waals surface area contributed by atoms with Crippen molar-refractivity contribution in [2.24, 2.45) is 0 Å². The summed E-state index contributed by atoms with van der Waals surface area (Å²) < 4.78 is 33.5. The summed E-state index contributed by atoms with van der Waals surface area (Å²) >= 11 is 1.07. The molecule has 0 aliphatic rings. The number of carbonyl (C=O) groups excluding carboxylic acids is 1. The largest absolute Gasteiger partial charge is 0.494 e. The van der Waals surface area contributed by atoms with Gasteiger partial charge in [0.1, 0.15) is 5.75 Å². The summed E-state index contributed by atoms with van der Waals surface area (Å²) in [5.74, 6) is 0.454. The van der Waals surface area contributed by atoms with Crippen molar-refractivity contribution in [2.45, 2.75) is 23.9 Å². The number of carbonyl (C=O) groups is 1. The van der Waals surface area contributed by atoms with Crippen LogP contribution in [-0.2, 0) is 14.8 Å². The van der Waals surface area contributed by atoms with Crippen molar-refractivity contribution >= 4 is 44.4 Å². The van der Waals surface area contributed by atoms with Gasteiger partial charge in [0.05, 0.1) is 28.3 Å². The molecule has 1 amide bonds. The normalized spacial score (nSPS) is 11.5. The van der Waals surface area contributed by atoms with Gasteiger partial charge in [-0.15, -0.1) is 0 Å². The standard InChI is InChI=1S/C24H23N3O4S2/c1-3-31-19-12-10-18(11-13-19)25-23(28)16-32-24-26-21-6-4-5-7-22(21)27(24)33(29,30)20-14-8-17(2)9-15-20/h4-15H,3,16H2,1-2H3,(H,25,28). The summed E-state index contributed by atoms with van der Waals surface area (Å²) in [6.45, 7) is 4.36. The number of imidazole rings is 1. The molecule has 1 N–H and O–H groups in total. The molecule has 0 saturated carbocycles. The number of benzene rings is 3. The van der Waals surface area contributed by atoms with Crippen molar-refractivity contribution in [3.63, 3.8) is 0 Å². The second-order valence-electron chi connectivity index (χ2n) is 7.26. The minimum atomic E-state index is -3.90. The summed E-state index contributed by atoms with van der Waals surface area (Å²) in [6.07, 6.45) is 0. The summed E-state index contributed by atoms with van der Waals surface area (Å²) in [4.78, 5) is 17.2. The second kappa shape index (κ2) is 9.68. The Morgan fingerprint density at radius 3 is 2.42 bits per heavy atom. The number of hydrogen-bond acceptors (Lipinski definition) is 6. The molecule has 3 aromatic carbocycles. The molecule has 4 aromatic rings. The highest BCUT2D eigenvalue weighted by molar-refractivity contribution is 8.00. The first-order valence-electron chi connectivity index (χ1n) is 10.3. The van der Waals surface area contributed by atoms with Gasteiger partial charge in [-0.1, -0.05) is 41.6 Å². The molecule has 1 aromatic heterocycles. The van der Waals surface area contributed by atoms with Crippen molar-refractivity contribution in [1.82, 2.24) is 8.96 Å². The third kappa shape index (κ3) is 5.04. The number of ether oxygens (including phenoxy) is 1. The van der Waals surface area contributed by atoms with E-state index in [0.29, 0.717) is 23.3 Å². The van der Waals surface area contributed by atoms with Gasteiger partial charge in [0.2, 0.25) is 5.91 Å². The molecule has 0 radical (unpaired) electrons. The minimum absolute atomic E-state index is 0.0000484. The molecule has 170 valence electrons. The number of anilines is 1. The first-order chi connectivity index (χ1) is 15.9. The monoisotopic (exact) mass is 481 g/mol. The van der Waals surface area contributed by atoms with E-state index in [0.717, 1.165) is 23.1 Å². The molecule has 9 heteroatoms. The number of nitrogens with one attached hydrogen (secondary N) is 1. The Bertz CT molecular complexity index is 1380. The maximum absolute atomic E-state index is 13.5. The zero-order valence-corrected chi connectivity index (χ0v) is 19.8. The minimum Gasteiger partial charge on any atom is -0.494 e. The molecule has 0 spiro atoms. The summed E-state index contributed by atoms with van der Waals surface area (Å²) in [5.41, 5.74) is 2.60. The van der Waals surface area contributed by atoms with E-state index >= 15 is 0 Å². The molecule has 0 fully saturated rings. The quantitative estimate of drug-likeness (QED) is 0.367. The number of para-hydroxylation sites is 2. The molecule has 0 unspecified atom stereocenters. The van der Waals surface area contributed by atoms with Crippen LogP contribution in [0.3, 0.4) is 0 Å². The fraction of sp³-hybridized carbons (Fsp3) is 0.167. The van der Waals surface area contributed by atoms with Crippen molar-refractivity contribution < 1.29 is 17.9 Å². The predicted octanol–water partition coefficient (Wildman–Crippen LogP) is 4.71. The van der Waals surface area contributed by atoms with E-state index in [4.69, 9.17) is 4.74 Å².